The van der Waals surface area contributed by atoms with Crippen molar-refractivity contribution < 1.29 is 18.3 Å². The third-order valence-corrected chi connectivity index (χ3v) is 7.16. The smallest absolute Gasteiger partial charge is 0.256 e. The maximum absolute atomic E-state index is 13.1. The minimum absolute atomic E-state index is 0.0319. The van der Waals surface area contributed by atoms with Crippen LogP contribution >= 0.6 is 0 Å². The highest BCUT2D eigenvalue weighted by molar-refractivity contribution is 7.89. The van der Waals surface area contributed by atoms with Crippen LogP contribution in [0.15, 0.2) is 29.2 Å². The minimum atomic E-state index is -3.68. The number of nitrogens with one attached hydrogen (secondary N) is 1. The van der Waals surface area contributed by atoms with Crippen molar-refractivity contribution in [2.24, 2.45) is 7.05 Å². The first-order chi connectivity index (χ1) is 14.2. The number of carbonyl (C=O) groups excluding carboxylic acids is 1. The van der Waals surface area contributed by atoms with Crippen molar-refractivity contribution in [2.75, 3.05) is 18.4 Å². The zero-order valence-electron chi connectivity index (χ0n) is 17.0. The van der Waals surface area contributed by atoms with Crippen LogP contribution in [0.25, 0.3) is 11.0 Å². The monoisotopic (exact) mass is 429 g/mol. The van der Waals surface area contributed by atoms with E-state index >= 15 is 0 Å². The van der Waals surface area contributed by atoms with Crippen LogP contribution in [0.1, 0.15) is 34.6 Å². The van der Waals surface area contributed by atoms with Gasteiger partial charge in [-0.05, 0) is 51.0 Å². The number of hydrogen-bond donors (Lipinski definition) is 2. The summed E-state index contributed by atoms with van der Waals surface area (Å²) < 4.78 is 28.7. The molecular formula is C20H23N5O4S. The van der Waals surface area contributed by atoms with E-state index in [1.54, 1.807) is 31.6 Å². The van der Waals surface area contributed by atoms with E-state index in [1.807, 2.05) is 0 Å². The second kappa shape index (κ2) is 7.37. The van der Waals surface area contributed by atoms with Crippen molar-refractivity contribution in [3.63, 3.8) is 0 Å². The van der Waals surface area contributed by atoms with Crippen LogP contribution in [0.3, 0.4) is 0 Å². The topological polar surface area (TPSA) is 117 Å². The molecular weight excluding hydrogens is 406 g/mol. The fraction of sp³-hybridized carbons (Fsp3) is 0.350. The zero-order valence-corrected chi connectivity index (χ0v) is 17.8. The molecule has 10 heteroatoms. The number of pyridine rings is 1. The first kappa shape index (κ1) is 20.3. The van der Waals surface area contributed by atoms with Gasteiger partial charge in [0.1, 0.15) is 5.75 Å². The van der Waals surface area contributed by atoms with E-state index in [0.29, 0.717) is 41.1 Å². The molecule has 1 saturated heterocycles. The fourth-order valence-electron chi connectivity index (χ4n) is 3.79. The van der Waals surface area contributed by atoms with Crippen molar-refractivity contribution in [1.29, 1.82) is 0 Å². The number of sulfonamides is 1. The molecule has 0 aliphatic carbocycles. The average molecular weight is 430 g/mol. The number of fused-ring (bicyclic) bond motifs is 1. The molecule has 3 aromatic rings. The second-order valence-corrected chi connectivity index (χ2v) is 9.40. The number of aryl methyl sites for hydroxylation is 3. The maximum atomic E-state index is 13.1. The summed E-state index contributed by atoms with van der Waals surface area (Å²) in [5.41, 5.74) is 2.26. The van der Waals surface area contributed by atoms with Crippen molar-refractivity contribution >= 4 is 32.7 Å². The van der Waals surface area contributed by atoms with Gasteiger partial charge < -0.3 is 10.4 Å². The van der Waals surface area contributed by atoms with Crippen molar-refractivity contribution in [3.05, 3.63) is 41.2 Å². The van der Waals surface area contributed by atoms with Crippen LogP contribution in [0.5, 0.6) is 5.75 Å². The Morgan fingerprint density at radius 3 is 2.57 bits per heavy atom. The first-order valence-electron chi connectivity index (χ1n) is 9.64. The van der Waals surface area contributed by atoms with Crippen LogP contribution in [0, 0.1) is 13.8 Å². The summed E-state index contributed by atoms with van der Waals surface area (Å²) in [6, 6.07) is 5.57. The number of carbonyl (C=O) groups is 1. The van der Waals surface area contributed by atoms with Gasteiger partial charge in [-0.25, -0.2) is 13.4 Å². The second-order valence-electron chi connectivity index (χ2n) is 7.46. The van der Waals surface area contributed by atoms with Gasteiger partial charge >= 0.3 is 0 Å². The summed E-state index contributed by atoms with van der Waals surface area (Å²) in [5, 5.41) is 17.8. The standard InChI is InChI=1S/C20H23N5O4S/c1-12-10-15(18-13(2)23-24(3)19(18)21-12)20(27)22-16-11-14(6-7-17(16)26)30(28,29)25-8-4-5-9-25/h6-7,10-11,26H,4-5,8-9H2,1-3H3,(H,22,27). The quantitative estimate of drug-likeness (QED) is 0.615. The number of hydrogen-bond acceptors (Lipinski definition) is 6. The molecule has 3 heterocycles. The van der Waals surface area contributed by atoms with Gasteiger partial charge in [-0.3, -0.25) is 9.48 Å². The van der Waals surface area contributed by atoms with Gasteiger partial charge in [0.25, 0.3) is 5.91 Å². The van der Waals surface area contributed by atoms with E-state index in [9.17, 15) is 18.3 Å². The lowest BCUT2D eigenvalue weighted by atomic mass is 10.1. The minimum Gasteiger partial charge on any atom is -0.506 e. The molecule has 1 amide bonds. The number of aromatic hydroxyl groups is 1. The summed E-state index contributed by atoms with van der Waals surface area (Å²) >= 11 is 0. The highest BCUT2D eigenvalue weighted by Crippen LogP contribution is 2.30. The van der Waals surface area contributed by atoms with E-state index in [0.717, 1.165) is 12.8 Å². The van der Waals surface area contributed by atoms with E-state index in [1.165, 1.54) is 22.5 Å². The fourth-order valence-corrected chi connectivity index (χ4v) is 5.34. The third kappa shape index (κ3) is 3.41. The van der Waals surface area contributed by atoms with Crippen molar-refractivity contribution in [2.45, 2.75) is 31.6 Å². The van der Waals surface area contributed by atoms with Crippen molar-refractivity contribution in [3.8, 4) is 5.75 Å². The lowest BCUT2D eigenvalue weighted by Gasteiger charge is -2.17. The summed E-state index contributed by atoms with van der Waals surface area (Å²) in [5.74, 6) is -0.693. The number of anilines is 1. The average Bonchev–Trinajstić information content (AvgIpc) is 3.32. The van der Waals surface area contributed by atoms with Crippen LogP contribution in [0.2, 0.25) is 0 Å². The maximum Gasteiger partial charge on any atom is 0.256 e. The van der Waals surface area contributed by atoms with Crippen LogP contribution < -0.4 is 5.32 Å². The molecule has 2 N–H and O–H groups in total. The van der Waals surface area contributed by atoms with Gasteiger partial charge in [-0.15, -0.1) is 0 Å². The molecule has 0 radical (unpaired) electrons. The van der Waals surface area contributed by atoms with Gasteiger partial charge in [-0.1, -0.05) is 0 Å². The molecule has 30 heavy (non-hydrogen) atoms. The van der Waals surface area contributed by atoms with Gasteiger partial charge in [-0.2, -0.15) is 9.40 Å². The SMILES string of the molecule is Cc1cc(C(=O)Nc2cc(S(=O)(=O)N3CCCC3)ccc2O)c2c(C)nn(C)c2n1. The van der Waals surface area contributed by atoms with Gasteiger partial charge in [0.05, 0.1) is 27.2 Å². The van der Waals surface area contributed by atoms with Gasteiger partial charge in [0.2, 0.25) is 10.0 Å². The molecule has 0 bridgehead atoms. The summed E-state index contributed by atoms with van der Waals surface area (Å²) in [4.78, 5) is 17.5. The Kier molecular flexibility index (Phi) is 4.99. The summed E-state index contributed by atoms with van der Waals surface area (Å²) in [6.07, 6.45) is 1.64. The van der Waals surface area contributed by atoms with E-state index in [2.05, 4.69) is 15.4 Å². The Morgan fingerprint density at radius 1 is 1.17 bits per heavy atom. The molecule has 1 aliphatic rings. The first-order valence-corrected chi connectivity index (χ1v) is 11.1. The summed E-state index contributed by atoms with van der Waals surface area (Å²) in [6.45, 7) is 4.51. The molecule has 0 saturated carbocycles. The predicted molar refractivity (Wildman–Crippen MR) is 112 cm³/mol. The molecule has 1 aliphatic heterocycles. The highest BCUT2D eigenvalue weighted by Gasteiger charge is 2.28. The molecule has 4 rings (SSSR count). The highest BCUT2D eigenvalue weighted by atomic mass is 32.2. The number of rotatable bonds is 4. The van der Waals surface area contributed by atoms with Crippen LogP contribution in [0.4, 0.5) is 5.69 Å². The van der Waals surface area contributed by atoms with Gasteiger partial charge in [0.15, 0.2) is 5.65 Å². The largest absolute Gasteiger partial charge is 0.506 e. The molecule has 0 unspecified atom stereocenters. The Hall–Kier alpha value is -2.98. The van der Waals surface area contributed by atoms with E-state index < -0.39 is 15.9 Å². The normalized spacial score (nSPS) is 15.0. The van der Waals surface area contributed by atoms with Crippen LogP contribution in [-0.4, -0.2) is 51.6 Å². The summed E-state index contributed by atoms with van der Waals surface area (Å²) in [7, 11) is -1.92. The number of nitrogens with zero attached hydrogens (tertiary/aromatic N) is 4. The molecule has 0 spiro atoms. The third-order valence-electron chi connectivity index (χ3n) is 5.26. The Balaban J connectivity index is 1.72. The molecule has 9 nitrogen and oxygen atoms in total. The molecule has 2 aromatic heterocycles. The number of benzene rings is 1. The van der Waals surface area contributed by atoms with Crippen LogP contribution in [-0.2, 0) is 17.1 Å². The molecule has 158 valence electrons. The number of amides is 1. The Morgan fingerprint density at radius 2 is 1.87 bits per heavy atom. The molecule has 0 atom stereocenters. The number of aromatic nitrogens is 3. The number of phenolic OH excluding ortho intramolecular Hbond substituents is 1. The predicted octanol–water partition coefficient (Wildman–Crippen LogP) is 2.33. The molecule has 1 aromatic carbocycles. The zero-order chi connectivity index (χ0) is 21.6. The Labute approximate surface area is 174 Å². The lowest BCUT2D eigenvalue weighted by molar-refractivity contribution is 0.102. The van der Waals surface area contributed by atoms with Gasteiger partial charge in [0, 0.05) is 25.8 Å². The van der Waals surface area contributed by atoms with E-state index in [-0.39, 0.29) is 16.3 Å². The lowest BCUT2D eigenvalue weighted by Crippen LogP contribution is -2.28. The number of phenols is 1. The van der Waals surface area contributed by atoms with E-state index in [4.69, 9.17) is 0 Å². The molecule has 1 fully saturated rings. The Bertz CT molecular complexity index is 1260. The van der Waals surface area contributed by atoms with Crippen molar-refractivity contribution in [1.82, 2.24) is 19.1 Å².